The molecule has 1 rings (SSSR count). The van der Waals surface area contributed by atoms with Gasteiger partial charge < -0.3 is 14.6 Å². The molecular weight excluding hydrogens is 230 g/mol. The summed E-state index contributed by atoms with van der Waals surface area (Å²) in [5, 5.41) is 19.8. The minimum absolute atomic E-state index is 0.102. The largest absolute Gasteiger partial charge is 0.478 e. The Bertz CT molecular complexity index is 408. The second-order valence-corrected chi connectivity index (χ2v) is 3.10. The van der Waals surface area contributed by atoms with E-state index in [1.807, 2.05) is 0 Å². The Labute approximate surface area is 96.7 Å². The van der Waals surface area contributed by atoms with Gasteiger partial charge in [-0.2, -0.15) is 0 Å². The fourth-order valence-corrected chi connectivity index (χ4v) is 1.48. The third-order valence-corrected chi connectivity index (χ3v) is 2.17. The van der Waals surface area contributed by atoms with Gasteiger partial charge in [0.05, 0.1) is 16.1 Å². The zero-order chi connectivity index (χ0) is 13.0. The van der Waals surface area contributed by atoms with Gasteiger partial charge in [-0.3, -0.25) is 10.1 Å². The molecule has 0 radical (unpaired) electrons. The molecule has 0 aromatic heterocycles. The van der Waals surface area contributed by atoms with Gasteiger partial charge in [0.25, 0.3) is 5.69 Å². The SMILES string of the molecule is COC(OC)c1c(C(=O)O)cccc1[N+](=O)[O-]. The third kappa shape index (κ3) is 2.58. The molecule has 0 atom stereocenters. The quantitative estimate of drug-likeness (QED) is 0.477. The fourth-order valence-electron chi connectivity index (χ4n) is 1.48. The summed E-state index contributed by atoms with van der Waals surface area (Å²) in [4.78, 5) is 21.2. The van der Waals surface area contributed by atoms with Crippen molar-refractivity contribution >= 4 is 11.7 Å². The molecule has 7 nitrogen and oxygen atoms in total. The number of rotatable bonds is 5. The highest BCUT2D eigenvalue weighted by molar-refractivity contribution is 5.90. The van der Waals surface area contributed by atoms with Gasteiger partial charge in [-0.15, -0.1) is 0 Å². The molecular formula is C10H11NO6. The average Bonchev–Trinajstić information content (AvgIpc) is 2.30. The summed E-state index contributed by atoms with van der Waals surface area (Å²) in [5.74, 6) is -1.28. The number of nitro groups is 1. The number of carbonyl (C=O) groups is 1. The summed E-state index contributed by atoms with van der Waals surface area (Å²) >= 11 is 0. The Morgan fingerprint density at radius 2 is 2.00 bits per heavy atom. The van der Waals surface area contributed by atoms with Gasteiger partial charge >= 0.3 is 5.97 Å². The summed E-state index contributed by atoms with van der Waals surface area (Å²) in [6.45, 7) is 0. The van der Waals surface area contributed by atoms with Crippen LogP contribution in [0.5, 0.6) is 0 Å². The van der Waals surface area contributed by atoms with E-state index < -0.39 is 17.2 Å². The number of nitro benzene ring substituents is 1. The average molecular weight is 241 g/mol. The Hall–Kier alpha value is -1.99. The molecule has 0 amide bonds. The summed E-state index contributed by atoms with van der Waals surface area (Å²) in [6.07, 6.45) is -1.09. The van der Waals surface area contributed by atoms with Crippen molar-refractivity contribution in [2.75, 3.05) is 14.2 Å². The lowest BCUT2D eigenvalue weighted by molar-refractivity contribution is -0.387. The van der Waals surface area contributed by atoms with E-state index in [1.165, 1.54) is 32.4 Å². The zero-order valence-electron chi connectivity index (χ0n) is 9.25. The smallest absolute Gasteiger partial charge is 0.336 e. The van der Waals surface area contributed by atoms with Crippen molar-refractivity contribution in [3.63, 3.8) is 0 Å². The highest BCUT2D eigenvalue weighted by atomic mass is 16.7. The molecule has 0 spiro atoms. The number of carboxylic acid groups (broad SMARTS) is 1. The fraction of sp³-hybridized carbons (Fsp3) is 0.300. The second kappa shape index (κ2) is 5.37. The van der Waals surface area contributed by atoms with E-state index in [2.05, 4.69) is 0 Å². The number of hydrogen-bond acceptors (Lipinski definition) is 5. The predicted molar refractivity (Wildman–Crippen MR) is 56.8 cm³/mol. The first-order chi connectivity index (χ1) is 8.02. The molecule has 1 aromatic carbocycles. The van der Waals surface area contributed by atoms with Crippen molar-refractivity contribution in [1.82, 2.24) is 0 Å². The van der Waals surface area contributed by atoms with Crippen LogP contribution >= 0.6 is 0 Å². The summed E-state index contributed by atoms with van der Waals surface area (Å²) in [5.41, 5.74) is -0.665. The minimum Gasteiger partial charge on any atom is -0.478 e. The first-order valence-electron chi connectivity index (χ1n) is 4.59. The molecule has 0 saturated carbocycles. The predicted octanol–water partition coefficient (Wildman–Crippen LogP) is 1.58. The third-order valence-electron chi connectivity index (χ3n) is 2.17. The van der Waals surface area contributed by atoms with Crippen molar-refractivity contribution in [2.45, 2.75) is 6.29 Å². The second-order valence-electron chi connectivity index (χ2n) is 3.10. The number of ether oxygens (including phenoxy) is 2. The van der Waals surface area contributed by atoms with Gasteiger partial charge in [0.1, 0.15) is 0 Å². The maximum Gasteiger partial charge on any atom is 0.336 e. The van der Waals surface area contributed by atoms with Gasteiger partial charge in [-0.05, 0) is 6.07 Å². The van der Waals surface area contributed by atoms with Gasteiger partial charge in [-0.25, -0.2) is 4.79 Å². The molecule has 0 heterocycles. The van der Waals surface area contributed by atoms with Crippen LogP contribution in [0.25, 0.3) is 0 Å². The van der Waals surface area contributed by atoms with Gasteiger partial charge in [-0.1, -0.05) is 6.07 Å². The highest BCUT2D eigenvalue weighted by Gasteiger charge is 2.28. The molecule has 0 fully saturated rings. The normalized spacial score (nSPS) is 10.5. The summed E-state index contributed by atoms with van der Waals surface area (Å²) < 4.78 is 9.75. The van der Waals surface area contributed by atoms with Crippen LogP contribution in [0.1, 0.15) is 22.2 Å². The van der Waals surface area contributed by atoms with E-state index in [0.717, 1.165) is 0 Å². The molecule has 92 valence electrons. The maximum atomic E-state index is 11.0. The molecule has 1 aromatic rings. The first-order valence-corrected chi connectivity index (χ1v) is 4.59. The number of benzene rings is 1. The van der Waals surface area contributed by atoms with Crippen LogP contribution in [0.15, 0.2) is 18.2 Å². The van der Waals surface area contributed by atoms with Crippen molar-refractivity contribution < 1.29 is 24.3 Å². The van der Waals surface area contributed by atoms with Crippen LogP contribution in [0, 0.1) is 10.1 Å². The van der Waals surface area contributed by atoms with E-state index in [9.17, 15) is 14.9 Å². The highest BCUT2D eigenvalue weighted by Crippen LogP contribution is 2.31. The van der Waals surface area contributed by atoms with Crippen LogP contribution < -0.4 is 0 Å². The van der Waals surface area contributed by atoms with Crippen LogP contribution in [-0.4, -0.2) is 30.2 Å². The first kappa shape index (κ1) is 13.1. The maximum absolute atomic E-state index is 11.0. The lowest BCUT2D eigenvalue weighted by Gasteiger charge is -2.15. The van der Waals surface area contributed by atoms with Gasteiger partial charge in [0.2, 0.25) is 0 Å². The van der Waals surface area contributed by atoms with Crippen LogP contribution in [0.3, 0.4) is 0 Å². The number of aromatic carboxylic acids is 1. The van der Waals surface area contributed by atoms with Crippen LogP contribution in [0.2, 0.25) is 0 Å². The van der Waals surface area contributed by atoms with E-state index in [4.69, 9.17) is 14.6 Å². The van der Waals surface area contributed by atoms with E-state index in [0.29, 0.717) is 0 Å². The molecule has 1 N–H and O–H groups in total. The molecule has 17 heavy (non-hydrogen) atoms. The Balaban J connectivity index is 3.48. The molecule has 0 aliphatic heterocycles. The lowest BCUT2D eigenvalue weighted by atomic mass is 10.0. The Kier molecular flexibility index (Phi) is 4.13. The molecule has 0 aliphatic rings. The van der Waals surface area contributed by atoms with Crippen molar-refractivity contribution in [1.29, 1.82) is 0 Å². The van der Waals surface area contributed by atoms with Crippen molar-refractivity contribution in [3.05, 3.63) is 39.4 Å². The van der Waals surface area contributed by atoms with E-state index in [-0.39, 0.29) is 16.8 Å². The standard InChI is InChI=1S/C10H11NO6/c1-16-10(17-2)8-6(9(12)13)4-3-5-7(8)11(14)15/h3-5,10H,1-2H3,(H,12,13). The lowest BCUT2D eigenvalue weighted by Crippen LogP contribution is -2.13. The number of methoxy groups -OCH3 is 2. The van der Waals surface area contributed by atoms with Crippen LogP contribution in [0.4, 0.5) is 5.69 Å². The Morgan fingerprint density at radius 1 is 1.41 bits per heavy atom. The minimum atomic E-state index is -1.28. The molecule has 0 saturated heterocycles. The van der Waals surface area contributed by atoms with Gasteiger partial charge in [0, 0.05) is 20.3 Å². The molecule has 0 aliphatic carbocycles. The zero-order valence-corrected chi connectivity index (χ0v) is 9.25. The number of nitrogens with zero attached hydrogens (tertiary/aromatic N) is 1. The summed E-state index contributed by atoms with van der Waals surface area (Å²) in [7, 11) is 2.55. The Morgan fingerprint density at radius 3 is 2.41 bits per heavy atom. The van der Waals surface area contributed by atoms with E-state index >= 15 is 0 Å². The topological polar surface area (TPSA) is 98.9 Å². The van der Waals surface area contributed by atoms with Crippen LogP contribution in [-0.2, 0) is 9.47 Å². The number of carboxylic acids is 1. The number of hydrogen-bond donors (Lipinski definition) is 1. The monoisotopic (exact) mass is 241 g/mol. The summed E-state index contributed by atoms with van der Waals surface area (Å²) in [6, 6.07) is 3.76. The van der Waals surface area contributed by atoms with E-state index in [1.54, 1.807) is 0 Å². The molecule has 0 bridgehead atoms. The van der Waals surface area contributed by atoms with Crippen molar-refractivity contribution in [2.24, 2.45) is 0 Å². The van der Waals surface area contributed by atoms with Crippen molar-refractivity contribution in [3.8, 4) is 0 Å². The molecule has 0 unspecified atom stereocenters. The molecule has 7 heteroatoms. The van der Waals surface area contributed by atoms with Gasteiger partial charge in [0.15, 0.2) is 6.29 Å².